The molecule has 0 aliphatic heterocycles. The second-order valence-electron chi connectivity index (χ2n) is 1.73. The van der Waals surface area contributed by atoms with Gasteiger partial charge in [0.1, 0.15) is 0 Å². The van der Waals surface area contributed by atoms with Crippen molar-refractivity contribution >= 4 is 23.2 Å². The minimum atomic E-state index is -1.15. The van der Waals surface area contributed by atoms with Crippen molar-refractivity contribution in [2.45, 2.75) is 24.2 Å². The van der Waals surface area contributed by atoms with Gasteiger partial charge in [0.25, 0.3) is 0 Å². The molecule has 0 saturated carbocycles. The molecule has 0 aliphatic rings. The number of halogens is 2. The van der Waals surface area contributed by atoms with E-state index in [9.17, 15) is 4.91 Å². The molecule has 0 heterocycles. The van der Waals surface area contributed by atoms with Crippen LogP contribution in [0.5, 0.6) is 0 Å². The molecule has 0 rings (SSSR count). The molecule has 0 amide bonds. The zero-order valence-corrected chi connectivity index (χ0v) is 6.20. The Hall–Kier alpha value is 0.180. The molecule has 8 heavy (non-hydrogen) atoms. The fourth-order valence-corrected chi connectivity index (χ4v) is 0.112. The third kappa shape index (κ3) is 1.97. The molecular weight excluding hydrogens is 149 g/mol. The first-order valence-corrected chi connectivity index (χ1v) is 2.99. The predicted octanol–water partition coefficient (Wildman–Crippen LogP) is 2.34. The summed E-state index contributed by atoms with van der Waals surface area (Å²) in [6.45, 7) is 3.09. The van der Waals surface area contributed by atoms with E-state index in [2.05, 4.69) is 5.18 Å². The lowest BCUT2D eigenvalue weighted by Crippen LogP contribution is -2.22. The van der Waals surface area contributed by atoms with Gasteiger partial charge in [0, 0.05) is 0 Å². The summed E-state index contributed by atoms with van der Waals surface area (Å²) < 4.78 is 0. The van der Waals surface area contributed by atoms with Gasteiger partial charge < -0.3 is 0 Å². The smallest absolute Gasteiger partial charge is 0.149 e. The van der Waals surface area contributed by atoms with Gasteiger partial charge in [-0.15, -0.1) is 16.5 Å². The van der Waals surface area contributed by atoms with Gasteiger partial charge in [-0.1, -0.05) is 11.6 Å². The molecule has 0 radical (unpaired) electrons. The lowest BCUT2D eigenvalue weighted by Gasteiger charge is -2.13. The molecule has 2 atom stereocenters. The minimum Gasteiger partial charge on any atom is -0.149 e. The molecule has 2 nitrogen and oxygen atoms in total. The summed E-state index contributed by atoms with van der Waals surface area (Å²) in [5, 5.41) is 2.17. The van der Waals surface area contributed by atoms with Crippen LogP contribution < -0.4 is 0 Å². The van der Waals surface area contributed by atoms with Crippen molar-refractivity contribution < 1.29 is 0 Å². The Balaban J connectivity index is 3.90. The second kappa shape index (κ2) is 2.65. The monoisotopic (exact) mass is 155 g/mol. The third-order valence-electron chi connectivity index (χ3n) is 0.905. The van der Waals surface area contributed by atoms with Crippen molar-refractivity contribution in [1.82, 2.24) is 0 Å². The molecule has 48 valence electrons. The maximum absolute atomic E-state index is 9.80. The van der Waals surface area contributed by atoms with Crippen LogP contribution in [0.3, 0.4) is 0 Å². The van der Waals surface area contributed by atoms with Crippen molar-refractivity contribution in [1.29, 1.82) is 0 Å². The maximum atomic E-state index is 9.80. The Labute approximate surface area is 58.1 Å². The fourth-order valence-electron chi connectivity index (χ4n) is 0.0726. The van der Waals surface area contributed by atoms with E-state index in [1.54, 1.807) is 6.92 Å². The van der Waals surface area contributed by atoms with Gasteiger partial charge in [0.2, 0.25) is 0 Å². The summed E-state index contributed by atoms with van der Waals surface area (Å²) in [7, 11) is 0. The Kier molecular flexibility index (Phi) is 2.71. The van der Waals surface area contributed by atoms with Gasteiger partial charge in [-0.3, -0.25) is 0 Å². The van der Waals surface area contributed by atoms with E-state index in [-0.39, 0.29) is 0 Å². The highest BCUT2D eigenvalue weighted by Crippen LogP contribution is 2.24. The molecule has 0 N–H and O–H groups in total. The SMILES string of the molecule is CC(Cl)C(C)(Cl)N=O. The number of nitroso groups, excluding NO2 is 1. The summed E-state index contributed by atoms with van der Waals surface area (Å²) >= 11 is 10.9. The molecule has 0 aliphatic carbocycles. The average molecular weight is 156 g/mol. The highest BCUT2D eigenvalue weighted by atomic mass is 35.5. The van der Waals surface area contributed by atoms with E-state index in [4.69, 9.17) is 23.2 Å². The average Bonchev–Trinajstić information content (AvgIpc) is 1.67. The molecular formula is C4H7Cl2NO. The van der Waals surface area contributed by atoms with Gasteiger partial charge >= 0.3 is 0 Å². The van der Waals surface area contributed by atoms with Crippen LogP contribution >= 0.6 is 23.2 Å². The summed E-state index contributed by atoms with van der Waals surface area (Å²) in [5.74, 6) is 0. The standard InChI is InChI=1S/C4H7Cl2NO/c1-3(5)4(2,6)7-8/h3H,1-2H3. The number of hydrogen-bond acceptors (Lipinski definition) is 2. The van der Waals surface area contributed by atoms with Gasteiger partial charge in [0.05, 0.1) is 5.38 Å². The Morgan fingerprint density at radius 3 is 2.12 bits per heavy atom. The van der Waals surface area contributed by atoms with Crippen LogP contribution in [0.2, 0.25) is 0 Å². The summed E-state index contributed by atoms with van der Waals surface area (Å²) in [5.41, 5.74) is 0. The van der Waals surface area contributed by atoms with Crippen molar-refractivity contribution in [3.8, 4) is 0 Å². The first kappa shape index (κ1) is 8.18. The third-order valence-corrected chi connectivity index (χ3v) is 1.84. The molecule has 0 aromatic carbocycles. The van der Waals surface area contributed by atoms with Crippen molar-refractivity contribution in [2.75, 3.05) is 0 Å². The van der Waals surface area contributed by atoms with E-state index >= 15 is 0 Å². The Morgan fingerprint density at radius 2 is 2.12 bits per heavy atom. The topological polar surface area (TPSA) is 29.4 Å². The van der Waals surface area contributed by atoms with Crippen LogP contribution in [-0.4, -0.2) is 10.4 Å². The van der Waals surface area contributed by atoms with Crippen LogP contribution in [-0.2, 0) is 0 Å². The molecule has 0 bridgehead atoms. The number of rotatable bonds is 2. The first-order valence-electron chi connectivity index (χ1n) is 2.18. The predicted molar refractivity (Wildman–Crippen MR) is 35.4 cm³/mol. The zero-order valence-electron chi connectivity index (χ0n) is 4.69. The molecule has 0 spiro atoms. The van der Waals surface area contributed by atoms with E-state index in [0.717, 1.165) is 0 Å². The van der Waals surface area contributed by atoms with E-state index in [1.165, 1.54) is 6.92 Å². The van der Waals surface area contributed by atoms with Crippen molar-refractivity contribution in [3.05, 3.63) is 4.91 Å². The van der Waals surface area contributed by atoms with Gasteiger partial charge in [0.15, 0.2) is 5.00 Å². The first-order chi connectivity index (χ1) is 3.50. The summed E-state index contributed by atoms with van der Waals surface area (Å²) in [6.07, 6.45) is 0. The van der Waals surface area contributed by atoms with E-state index in [1.807, 2.05) is 0 Å². The van der Waals surface area contributed by atoms with Crippen LogP contribution in [0, 0.1) is 4.91 Å². The number of nitrogens with zero attached hydrogens (tertiary/aromatic N) is 1. The van der Waals surface area contributed by atoms with E-state index in [0.29, 0.717) is 0 Å². The Bertz CT molecular complexity index is 92.0. The van der Waals surface area contributed by atoms with E-state index < -0.39 is 10.4 Å². The zero-order chi connectivity index (χ0) is 6.78. The lowest BCUT2D eigenvalue weighted by molar-refractivity contribution is 0.643. The summed E-state index contributed by atoms with van der Waals surface area (Å²) in [4.78, 5) is 8.65. The maximum Gasteiger partial charge on any atom is 0.188 e. The molecule has 0 aromatic rings. The fraction of sp³-hybridized carbons (Fsp3) is 1.00. The number of alkyl halides is 2. The quantitative estimate of drug-likeness (QED) is 0.342. The Morgan fingerprint density at radius 1 is 1.75 bits per heavy atom. The number of hydrogen-bond donors (Lipinski definition) is 0. The van der Waals surface area contributed by atoms with Crippen LogP contribution in [0.4, 0.5) is 0 Å². The molecule has 0 fully saturated rings. The molecule has 2 unspecified atom stereocenters. The van der Waals surface area contributed by atoms with Crippen molar-refractivity contribution in [3.63, 3.8) is 0 Å². The minimum absolute atomic E-state index is 0.429. The molecule has 0 aromatic heterocycles. The van der Waals surface area contributed by atoms with Crippen LogP contribution in [0.1, 0.15) is 13.8 Å². The van der Waals surface area contributed by atoms with Crippen LogP contribution in [0.25, 0.3) is 0 Å². The van der Waals surface area contributed by atoms with Gasteiger partial charge in [-0.25, -0.2) is 0 Å². The summed E-state index contributed by atoms with van der Waals surface area (Å²) in [6, 6.07) is 0. The molecule has 4 heteroatoms. The van der Waals surface area contributed by atoms with Crippen molar-refractivity contribution in [2.24, 2.45) is 5.18 Å². The normalized spacial score (nSPS) is 21.5. The lowest BCUT2D eigenvalue weighted by atomic mass is 10.3. The van der Waals surface area contributed by atoms with Gasteiger partial charge in [-0.2, -0.15) is 0 Å². The largest absolute Gasteiger partial charge is 0.188 e. The molecule has 0 saturated heterocycles. The second-order valence-corrected chi connectivity index (χ2v) is 3.15. The van der Waals surface area contributed by atoms with Crippen LogP contribution in [0.15, 0.2) is 5.18 Å². The van der Waals surface area contributed by atoms with Gasteiger partial charge in [-0.05, 0) is 19.0 Å². The highest BCUT2D eigenvalue weighted by molar-refractivity contribution is 6.32. The highest BCUT2D eigenvalue weighted by Gasteiger charge is 2.27.